The summed E-state index contributed by atoms with van der Waals surface area (Å²) in [5.74, 6) is -0.530. The van der Waals surface area contributed by atoms with Crippen LogP contribution in [0.2, 0.25) is 0 Å². The first kappa shape index (κ1) is 22.0. The molecule has 1 spiro atoms. The van der Waals surface area contributed by atoms with E-state index in [1.165, 1.54) is 18.9 Å². The maximum absolute atomic E-state index is 14.0. The highest BCUT2D eigenvalue weighted by molar-refractivity contribution is 5.95. The standard InChI is InChI=1S/C25H31F2N5O/c26-19-8-7-18(14-20(19)27)32-23(33)6-3-11-25(32)12-9-16(10-13-25)21-15-22(31-24(28)30-21)29-17-4-1-2-5-17/h7-8,14-17H,1-6,9-13H2,(H3,28,29,30,31). The minimum Gasteiger partial charge on any atom is -0.368 e. The lowest BCUT2D eigenvalue weighted by Crippen LogP contribution is -2.56. The second kappa shape index (κ2) is 8.88. The summed E-state index contributed by atoms with van der Waals surface area (Å²) in [5, 5.41) is 3.51. The number of halogens is 2. The van der Waals surface area contributed by atoms with Gasteiger partial charge in [-0.2, -0.15) is 4.98 Å². The lowest BCUT2D eigenvalue weighted by molar-refractivity contribution is -0.122. The van der Waals surface area contributed by atoms with E-state index in [-0.39, 0.29) is 23.3 Å². The van der Waals surface area contributed by atoms with Crippen LogP contribution in [0.15, 0.2) is 24.3 Å². The number of nitrogens with zero attached hydrogens (tertiary/aromatic N) is 3. The molecule has 0 unspecified atom stereocenters. The molecular weight excluding hydrogens is 424 g/mol. The smallest absolute Gasteiger partial charge is 0.227 e. The van der Waals surface area contributed by atoms with Crippen molar-refractivity contribution < 1.29 is 13.6 Å². The number of aromatic nitrogens is 2. The third kappa shape index (κ3) is 4.39. The van der Waals surface area contributed by atoms with Gasteiger partial charge in [0.25, 0.3) is 0 Å². The number of nitrogens with two attached hydrogens (primary N) is 1. The quantitative estimate of drug-likeness (QED) is 0.653. The topological polar surface area (TPSA) is 84.1 Å². The number of carbonyl (C=O) groups is 1. The summed E-state index contributed by atoms with van der Waals surface area (Å²) in [6.07, 6.45) is 10.2. The number of hydrogen-bond acceptors (Lipinski definition) is 5. The number of nitrogen functional groups attached to an aromatic ring is 1. The summed E-state index contributed by atoms with van der Waals surface area (Å²) in [6, 6.07) is 6.24. The molecule has 0 atom stereocenters. The van der Waals surface area contributed by atoms with Gasteiger partial charge < -0.3 is 16.0 Å². The van der Waals surface area contributed by atoms with Crippen LogP contribution in [0, 0.1) is 11.6 Å². The number of piperidine rings is 1. The Morgan fingerprint density at radius 1 is 0.970 bits per heavy atom. The monoisotopic (exact) mass is 455 g/mol. The van der Waals surface area contributed by atoms with Gasteiger partial charge in [-0.3, -0.25) is 4.79 Å². The van der Waals surface area contributed by atoms with Gasteiger partial charge in [-0.15, -0.1) is 0 Å². The van der Waals surface area contributed by atoms with Gasteiger partial charge in [0.05, 0.1) is 5.69 Å². The molecule has 2 aliphatic carbocycles. The molecule has 1 aromatic carbocycles. The van der Waals surface area contributed by atoms with Crippen molar-refractivity contribution >= 4 is 23.4 Å². The van der Waals surface area contributed by atoms with E-state index in [4.69, 9.17) is 5.73 Å². The fourth-order valence-electron chi connectivity index (χ4n) is 6.07. The number of carbonyl (C=O) groups excluding carboxylic acids is 1. The third-order valence-electron chi connectivity index (χ3n) is 7.72. The predicted octanol–water partition coefficient (Wildman–Crippen LogP) is 5.31. The van der Waals surface area contributed by atoms with Crippen LogP contribution in [0.25, 0.3) is 0 Å². The largest absolute Gasteiger partial charge is 0.368 e. The second-order valence-electron chi connectivity index (χ2n) is 9.84. The molecule has 2 saturated carbocycles. The molecule has 1 amide bonds. The summed E-state index contributed by atoms with van der Waals surface area (Å²) < 4.78 is 27.5. The van der Waals surface area contributed by atoms with E-state index in [1.54, 1.807) is 4.90 Å². The SMILES string of the molecule is Nc1nc(NC2CCCC2)cc(C2CCC3(CCCC(=O)N3c3ccc(F)c(F)c3)CC2)n1. The molecule has 3 N–H and O–H groups in total. The van der Waals surface area contributed by atoms with Gasteiger partial charge in [-0.1, -0.05) is 12.8 Å². The molecule has 176 valence electrons. The van der Waals surface area contributed by atoms with Gasteiger partial charge in [0.1, 0.15) is 5.82 Å². The van der Waals surface area contributed by atoms with Crippen molar-refractivity contribution in [1.29, 1.82) is 0 Å². The third-order valence-corrected chi connectivity index (χ3v) is 7.72. The van der Waals surface area contributed by atoms with Gasteiger partial charge in [-0.05, 0) is 63.5 Å². The number of amides is 1. The normalized spacial score (nSPS) is 26.2. The summed E-state index contributed by atoms with van der Waals surface area (Å²) >= 11 is 0. The molecule has 6 nitrogen and oxygen atoms in total. The molecule has 8 heteroatoms. The first-order chi connectivity index (χ1) is 15.9. The van der Waals surface area contributed by atoms with Crippen molar-refractivity contribution in [2.75, 3.05) is 16.0 Å². The minimum atomic E-state index is -0.923. The highest BCUT2D eigenvalue weighted by Gasteiger charge is 2.46. The summed E-state index contributed by atoms with van der Waals surface area (Å²) in [7, 11) is 0. The molecule has 2 heterocycles. The highest BCUT2D eigenvalue weighted by atomic mass is 19.2. The maximum atomic E-state index is 14.0. The number of rotatable bonds is 4. The predicted molar refractivity (Wildman–Crippen MR) is 124 cm³/mol. The first-order valence-electron chi connectivity index (χ1n) is 12.1. The maximum Gasteiger partial charge on any atom is 0.227 e. The Morgan fingerprint density at radius 3 is 2.45 bits per heavy atom. The summed E-state index contributed by atoms with van der Waals surface area (Å²) in [5.41, 5.74) is 7.07. The average Bonchev–Trinajstić information content (AvgIpc) is 3.29. The van der Waals surface area contributed by atoms with Gasteiger partial charge in [0, 0.05) is 41.7 Å². The summed E-state index contributed by atoms with van der Waals surface area (Å²) in [4.78, 5) is 23.6. The lowest BCUT2D eigenvalue weighted by Gasteiger charge is -2.50. The molecular formula is C25H31F2N5O. The van der Waals surface area contributed by atoms with Crippen molar-refractivity contribution in [3.63, 3.8) is 0 Å². The Hall–Kier alpha value is -2.77. The Morgan fingerprint density at radius 2 is 1.73 bits per heavy atom. The first-order valence-corrected chi connectivity index (χ1v) is 12.1. The molecule has 0 bridgehead atoms. The van der Waals surface area contributed by atoms with Crippen LogP contribution < -0.4 is 16.0 Å². The van der Waals surface area contributed by atoms with E-state index in [1.807, 2.05) is 6.07 Å². The van der Waals surface area contributed by atoms with Gasteiger partial charge in [0.2, 0.25) is 11.9 Å². The number of benzene rings is 1. The minimum absolute atomic E-state index is 0.0139. The Labute approximate surface area is 193 Å². The van der Waals surface area contributed by atoms with E-state index in [9.17, 15) is 13.6 Å². The molecule has 1 aliphatic heterocycles. The van der Waals surface area contributed by atoms with Crippen molar-refractivity contribution in [1.82, 2.24) is 9.97 Å². The molecule has 5 rings (SSSR count). The van der Waals surface area contributed by atoms with Crippen LogP contribution >= 0.6 is 0 Å². The van der Waals surface area contributed by atoms with E-state index in [0.717, 1.165) is 75.0 Å². The van der Waals surface area contributed by atoms with Crippen LogP contribution in [0.1, 0.15) is 82.2 Å². The van der Waals surface area contributed by atoms with E-state index in [0.29, 0.717) is 18.2 Å². The molecule has 0 radical (unpaired) electrons. The van der Waals surface area contributed by atoms with Crippen molar-refractivity contribution in [2.24, 2.45) is 0 Å². The zero-order valence-electron chi connectivity index (χ0n) is 18.8. The molecule has 1 aromatic heterocycles. The van der Waals surface area contributed by atoms with Gasteiger partial charge in [-0.25, -0.2) is 13.8 Å². The van der Waals surface area contributed by atoms with Crippen LogP contribution in [0.4, 0.5) is 26.2 Å². The van der Waals surface area contributed by atoms with Crippen LogP contribution in [-0.4, -0.2) is 27.5 Å². The fourth-order valence-corrected chi connectivity index (χ4v) is 6.07. The number of anilines is 3. The molecule has 1 saturated heterocycles. The molecule has 3 aliphatic rings. The Bertz CT molecular complexity index is 1030. The Kier molecular flexibility index (Phi) is 5.93. The van der Waals surface area contributed by atoms with Crippen LogP contribution in [0.5, 0.6) is 0 Å². The molecule has 3 fully saturated rings. The second-order valence-corrected chi connectivity index (χ2v) is 9.84. The Balaban J connectivity index is 1.35. The van der Waals surface area contributed by atoms with E-state index >= 15 is 0 Å². The number of nitrogens with one attached hydrogen (secondary N) is 1. The fraction of sp³-hybridized carbons (Fsp3) is 0.560. The van der Waals surface area contributed by atoms with Gasteiger partial charge in [0.15, 0.2) is 11.6 Å². The average molecular weight is 456 g/mol. The van der Waals surface area contributed by atoms with E-state index < -0.39 is 11.6 Å². The molecule has 33 heavy (non-hydrogen) atoms. The van der Waals surface area contributed by atoms with Gasteiger partial charge >= 0.3 is 0 Å². The summed E-state index contributed by atoms with van der Waals surface area (Å²) in [6.45, 7) is 0. The zero-order valence-corrected chi connectivity index (χ0v) is 18.8. The van der Waals surface area contributed by atoms with Crippen LogP contribution in [0.3, 0.4) is 0 Å². The zero-order chi connectivity index (χ0) is 23.0. The van der Waals surface area contributed by atoms with Crippen molar-refractivity contribution in [3.05, 3.63) is 41.6 Å². The van der Waals surface area contributed by atoms with Crippen LogP contribution in [-0.2, 0) is 4.79 Å². The van der Waals surface area contributed by atoms with Crippen molar-refractivity contribution in [2.45, 2.75) is 88.1 Å². The highest BCUT2D eigenvalue weighted by Crippen LogP contribution is 2.47. The van der Waals surface area contributed by atoms with E-state index in [2.05, 4.69) is 15.3 Å². The van der Waals surface area contributed by atoms with Crippen molar-refractivity contribution in [3.8, 4) is 0 Å². The lowest BCUT2D eigenvalue weighted by atomic mass is 9.70. The number of hydrogen-bond donors (Lipinski definition) is 2. The molecule has 2 aromatic rings.